The Bertz CT molecular complexity index is 983. The van der Waals surface area contributed by atoms with Gasteiger partial charge < -0.3 is 10.2 Å². The van der Waals surface area contributed by atoms with Crippen molar-refractivity contribution in [1.82, 2.24) is 14.9 Å². The van der Waals surface area contributed by atoms with Gasteiger partial charge in [-0.2, -0.15) is 14.9 Å². The number of phenols is 2. The number of phenolic OH excluding ortho intramolecular Hbond substituents is 2. The van der Waals surface area contributed by atoms with Gasteiger partial charge in [-0.05, 0) is 50.1 Å². The third-order valence-corrected chi connectivity index (χ3v) is 5.61. The molecule has 0 saturated carbocycles. The summed E-state index contributed by atoms with van der Waals surface area (Å²) >= 11 is 11.8. The number of H-pyrrole nitrogens is 1. The third kappa shape index (κ3) is 3.14. The number of nitrogens with zero attached hydrogens (tertiary/aromatic N) is 3. The highest BCUT2D eigenvalue weighted by atomic mass is 79.9. The first-order chi connectivity index (χ1) is 11.5. The first-order valence-electron chi connectivity index (χ1n) is 6.66. The van der Waals surface area contributed by atoms with Gasteiger partial charge in [0.25, 0.3) is 0 Å². The largest absolute Gasteiger partial charge is 0.504 e. The van der Waals surface area contributed by atoms with Crippen molar-refractivity contribution in [2.45, 2.75) is 0 Å². The zero-order valence-corrected chi connectivity index (χ0v) is 15.9. The molecule has 3 rings (SSSR count). The number of hydrogen-bond donors (Lipinski definition) is 3. The molecule has 1 aromatic heterocycles. The molecule has 3 N–H and O–H groups in total. The van der Waals surface area contributed by atoms with Gasteiger partial charge >= 0.3 is 0 Å². The van der Waals surface area contributed by atoms with Gasteiger partial charge in [0.05, 0.1) is 10.7 Å². The highest BCUT2D eigenvalue weighted by Gasteiger charge is 2.13. The van der Waals surface area contributed by atoms with Crippen molar-refractivity contribution >= 4 is 50.3 Å². The Morgan fingerprint density at radius 2 is 1.88 bits per heavy atom. The van der Waals surface area contributed by atoms with E-state index in [0.29, 0.717) is 25.1 Å². The highest BCUT2D eigenvalue weighted by Crippen LogP contribution is 2.40. The molecule has 24 heavy (non-hydrogen) atoms. The molecule has 0 bridgehead atoms. The lowest BCUT2D eigenvalue weighted by Crippen LogP contribution is -1.95. The molecule has 0 amide bonds. The van der Waals surface area contributed by atoms with Gasteiger partial charge in [-0.1, -0.05) is 30.3 Å². The molecule has 122 valence electrons. The second kappa shape index (κ2) is 6.88. The van der Waals surface area contributed by atoms with E-state index >= 15 is 0 Å². The molecule has 0 saturated heterocycles. The summed E-state index contributed by atoms with van der Waals surface area (Å²) in [5.41, 5.74) is 1.41. The van der Waals surface area contributed by atoms with Gasteiger partial charge in [0, 0.05) is 15.6 Å². The van der Waals surface area contributed by atoms with E-state index in [9.17, 15) is 10.2 Å². The van der Waals surface area contributed by atoms with Crippen molar-refractivity contribution in [3.63, 3.8) is 0 Å². The predicted octanol–water partition coefficient (Wildman–Crippen LogP) is 4.43. The van der Waals surface area contributed by atoms with Crippen LogP contribution in [0.15, 0.2) is 50.4 Å². The first kappa shape index (κ1) is 16.9. The Hall–Kier alpha value is -1.97. The topological polar surface area (TPSA) is 86.4 Å². The zero-order valence-electron chi connectivity index (χ0n) is 11.9. The molecule has 0 spiro atoms. The number of nitrogens with one attached hydrogen (secondary N) is 1. The molecule has 9 heteroatoms. The van der Waals surface area contributed by atoms with Crippen molar-refractivity contribution in [1.29, 1.82) is 0 Å². The maximum Gasteiger partial charge on any atom is 0.216 e. The lowest BCUT2D eigenvalue weighted by atomic mass is 10.2. The molecule has 2 aromatic carbocycles. The van der Waals surface area contributed by atoms with Crippen LogP contribution in [0.25, 0.3) is 11.4 Å². The van der Waals surface area contributed by atoms with E-state index in [0.717, 1.165) is 5.56 Å². The van der Waals surface area contributed by atoms with Gasteiger partial charge in [-0.25, -0.2) is 5.10 Å². The second-order valence-corrected chi connectivity index (χ2v) is 6.71. The summed E-state index contributed by atoms with van der Waals surface area (Å²) < 4.78 is 2.71. The van der Waals surface area contributed by atoms with Crippen LogP contribution in [0, 0.1) is 4.77 Å². The van der Waals surface area contributed by atoms with Crippen LogP contribution in [-0.4, -0.2) is 31.3 Å². The summed E-state index contributed by atoms with van der Waals surface area (Å²) in [6, 6.07) is 10.9. The molecule has 0 aliphatic carbocycles. The quantitative estimate of drug-likeness (QED) is 0.301. The fraction of sp³-hybridized carbons (Fsp3) is 0. The van der Waals surface area contributed by atoms with Gasteiger partial charge in [-0.15, -0.1) is 0 Å². The lowest BCUT2D eigenvalue weighted by Gasteiger charge is -2.06. The molecule has 0 aliphatic heterocycles. The van der Waals surface area contributed by atoms with Crippen LogP contribution in [0.1, 0.15) is 5.56 Å². The number of hydrogen-bond acceptors (Lipinski definition) is 5. The number of rotatable bonds is 3. The third-order valence-electron chi connectivity index (χ3n) is 3.18. The number of aromatic hydroxyl groups is 2. The summed E-state index contributed by atoms with van der Waals surface area (Å²) in [6.45, 7) is 0. The molecular formula is C15H10Br2N4O2S. The minimum Gasteiger partial charge on any atom is -0.504 e. The van der Waals surface area contributed by atoms with E-state index in [2.05, 4.69) is 47.2 Å². The van der Waals surface area contributed by atoms with Crippen molar-refractivity contribution in [3.05, 3.63) is 55.7 Å². The lowest BCUT2D eigenvalue weighted by molar-refractivity contribution is 0.401. The Morgan fingerprint density at radius 3 is 2.58 bits per heavy atom. The van der Waals surface area contributed by atoms with Gasteiger partial charge in [0.2, 0.25) is 4.77 Å². The smallest absolute Gasteiger partial charge is 0.216 e. The molecule has 3 aromatic rings. The van der Waals surface area contributed by atoms with E-state index < -0.39 is 0 Å². The number of aromatic amines is 1. The number of aromatic nitrogens is 3. The van der Waals surface area contributed by atoms with E-state index in [4.69, 9.17) is 12.2 Å². The Morgan fingerprint density at radius 1 is 1.17 bits per heavy atom. The Kier molecular flexibility index (Phi) is 4.83. The summed E-state index contributed by atoms with van der Waals surface area (Å²) in [6.07, 6.45) is 1.51. The van der Waals surface area contributed by atoms with Crippen molar-refractivity contribution in [2.75, 3.05) is 0 Å². The van der Waals surface area contributed by atoms with Crippen molar-refractivity contribution in [2.24, 2.45) is 5.10 Å². The Balaban J connectivity index is 2.06. The van der Waals surface area contributed by atoms with Crippen LogP contribution in [-0.2, 0) is 0 Å². The van der Waals surface area contributed by atoms with Gasteiger partial charge in [0.1, 0.15) is 0 Å². The van der Waals surface area contributed by atoms with Crippen LogP contribution in [0.5, 0.6) is 11.5 Å². The van der Waals surface area contributed by atoms with Crippen LogP contribution in [0.4, 0.5) is 0 Å². The molecule has 0 radical (unpaired) electrons. The number of halogens is 2. The van der Waals surface area contributed by atoms with Crippen LogP contribution < -0.4 is 0 Å². The predicted molar refractivity (Wildman–Crippen MR) is 101 cm³/mol. The number of benzene rings is 2. The maximum absolute atomic E-state index is 9.74. The van der Waals surface area contributed by atoms with Gasteiger partial charge in [-0.3, -0.25) is 0 Å². The second-order valence-electron chi connectivity index (χ2n) is 4.74. The van der Waals surface area contributed by atoms with Crippen LogP contribution >= 0.6 is 44.1 Å². The average molecular weight is 470 g/mol. The minimum absolute atomic E-state index is 0.246. The fourth-order valence-corrected chi connectivity index (χ4v) is 3.02. The van der Waals surface area contributed by atoms with Crippen LogP contribution in [0.2, 0.25) is 0 Å². The van der Waals surface area contributed by atoms with E-state index in [1.165, 1.54) is 17.0 Å². The molecule has 6 nitrogen and oxygen atoms in total. The summed E-state index contributed by atoms with van der Waals surface area (Å²) in [5, 5.41) is 30.7. The van der Waals surface area contributed by atoms with E-state index in [1.807, 2.05) is 30.3 Å². The molecule has 0 aliphatic rings. The van der Waals surface area contributed by atoms with Crippen molar-refractivity contribution < 1.29 is 10.2 Å². The Labute approximate surface area is 158 Å². The molecule has 0 unspecified atom stereocenters. The standard InChI is InChI=1S/C15H10Br2N4O2S/c16-11-9(6-10(22)13(23)12(11)17)7-18-21-14(19-20-15(21)24)8-4-2-1-3-5-8/h1-7,22-23H,(H,20,24). The maximum atomic E-state index is 9.74. The summed E-state index contributed by atoms with van der Waals surface area (Å²) in [7, 11) is 0. The molecule has 0 atom stereocenters. The SMILES string of the molecule is Oc1cc(C=Nn2c(-c3ccccc3)n[nH]c2=S)c(Br)c(Br)c1O. The zero-order chi connectivity index (χ0) is 17.3. The molecular weight excluding hydrogens is 460 g/mol. The van der Waals surface area contributed by atoms with E-state index in [-0.39, 0.29) is 11.5 Å². The fourth-order valence-electron chi connectivity index (χ4n) is 2.01. The minimum atomic E-state index is -0.259. The summed E-state index contributed by atoms with van der Waals surface area (Å²) in [5.74, 6) is 0.0598. The molecule has 1 heterocycles. The van der Waals surface area contributed by atoms with Gasteiger partial charge in [0.15, 0.2) is 17.3 Å². The van der Waals surface area contributed by atoms with Crippen LogP contribution in [0.3, 0.4) is 0 Å². The normalized spacial score (nSPS) is 11.2. The monoisotopic (exact) mass is 468 g/mol. The van der Waals surface area contributed by atoms with Crippen molar-refractivity contribution in [3.8, 4) is 22.9 Å². The average Bonchev–Trinajstić information content (AvgIpc) is 2.96. The molecule has 0 fully saturated rings. The highest BCUT2D eigenvalue weighted by molar-refractivity contribution is 9.13. The van der Waals surface area contributed by atoms with E-state index in [1.54, 1.807) is 0 Å². The summed E-state index contributed by atoms with van der Waals surface area (Å²) in [4.78, 5) is 0. The first-order valence-corrected chi connectivity index (χ1v) is 8.65.